The first kappa shape index (κ1) is 13.6. The first-order valence-corrected chi connectivity index (χ1v) is 6.21. The molecule has 0 aliphatic heterocycles. The summed E-state index contributed by atoms with van der Waals surface area (Å²) < 4.78 is 0. The minimum absolute atomic E-state index is 0.00365. The summed E-state index contributed by atoms with van der Waals surface area (Å²) in [5.74, 6) is -1.15. The van der Waals surface area contributed by atoms with E-state index in [0.717, 1.165) is 24.8 Å². The van der Waals surface area contributed by atoms with Crippen LogP contribution in [0.1, 0.15) is 54.9 Å². The van der Waals surface area contributed by atoms with Crippen molar-refractivity contribution in [2.75, 3.05) is 0 Å². The highest BCUT2D eigenvalue weighted by Gasteiger charge is 2.12. The zero-order chi connectivity index (χ0) is 12.7. The zero-order valence-corrected chi connectivity index (χ0v) is 10.3. The Balaban J connectivity index is 2.54. The molecule has 0 aliphatic carbocycles. The van der Waals surface area contributed by atoms with Crippen molar-refractivity contribution in [3.63, 3.8) is 0 Å². The van der Waals surface area contributed by atoms with Gasteiger partial charge in [-0.3, -0.25) is 0 Å². The van der Waals surface area contributed by atoms with Gasteiger partial charge in [0.05, 0.1) is 0 Å². The topological polar surface area (TPSA) is 57.5 Å². The average molecular weight is 236 g/mol. The lowest BCUT2D eigenvalue weighted by molar-refractivity contribution is 0.0693. The number of aromatic hydroxyl groups is 1. The van der Waals surface area contributed by atoms with Crippen molar-refractivity contribution >= 4 is 5.97 Å². The van der Waals surface area contributed by atoms with Crippen molar-refractivity contribution in [1.29, 1.82) is 0 Å². The van der Waals surface area contributed by atoms with Crippen LogP contribution in [0.4, 0.5) is 0 Å². The number of carbonyl (C=O) groups is 1. The van der Waals surface area contributed by atoms with E-state index in [2.05, 4.69) is 6.92 Å². The molecule has 17 heavy (non-hydrogen) atoms. The summed E-state index contributed by atoms with van der Waals surface area (Å²) in [5.41, 5.74) is 0.734. The largest absolute Gasteiger partial charge is 0.507 e. The molecule has 3 nitrogen and oxygen atoms in total. The van der Waals surface area contributed by atoms with Crippen LogP contribution in [0.5, 0.6) is 5.75 Å². The minimum atomic E-state index is -1.07. The van der Waals surface area contributed by atoms with Crippen LogP contribution < -0.4 is 0 Å². The standard InChI is InChI=1S/C14H20O3/c1-2-3-4-5-6-8-11-9-7-10-12(13(11)15)14(16)17/h7,9-10,15H,2-6,8H2,1H3,(H,16,17). The van der Waals surface area contributed by atoms with Gasteiger partial charge in [0, 0.05) is 0 Å². The number of rotatable bonds is 7. The molecule has 0 bridgehead atoms. The molecule has 3 heteroatoms. The van der Waals surface area contributed by atoms with Gasteiger partial charge in [-0.1, -0.05) is 44.7 Å². The van der Waals surface area contributed by atoms with Crippen LogP contribution in [0.25, 0.3) is 0 Å². The lowest BCUT2D eigenvalue weighted by Gasteiger charge is -2.06. The summed E-state index contributed by atoms with van der Waals surface area (Å²) in [6.07, 6.45) is 6.52. The molecule has 0 fully saturated rings. The Bertz CT molecular complexity index is 372. The van der Waals surface area contributed by atoms with Crippen molar-refractivity contribution in [3.05, 3.63) is 29.3 Å². The minimum Gasteiger partial charge on any atom is -0.507 e. The third-order valence-electron chi connectivity index (χ3n) is 2.90. The average Bonchev–Trinajstić information content (AvgIpc) is 2.30. The van der Waals surface area contributed by atoms with Crippen LogP contribution in [-0.4, -0.2) is 16.2 Å². The number of para-hydroxylation sites is 1. The molecule has 1 aromatic rings. The van der Waals surface area contributed by atoms with E-state index in [-0.39, 0.29) is 11.3 Å². The van der Waals surface area contributed by atoms with E-state index in [4.69, 9.17) is 5.11 Å². The zero-order valence-electron chi connectivity index (χ0n) is 10.3. The molecule has 0 atom stereocenters. The fourth-order valence-electron chi connectivity index (χ4n) is 1.88. The quantitative estimate of drug-likeness (QED) is 0.711. The van der Waals surface area contributed by atoms with Crippen LogP contribution in [0.2, 0.25) is 0 Å². The SMILES string of the molecule is CCCCCCCc1cccc(C(=O)O)c1O. The van der Waals surface area contributed by atoms with Crippen molar-refractivity contribution < 1.29 is 15.0 Å². The van der Waals surface area contributed by atoms with E-state index >= 15 is 0 Å². The van der Waals surface area contributed by atoms with Crippen LogP contribution in [-0.2, 0) is 6.42 Å². The Morgan fingerprint density at radius 2 is 1.88 bits per heavy atom. The molecule has 2 N–H and O–H groups in total. The van der Waals surface area contributed by atoms with Crippen molar-refractivity contribution in [2.24, 2.45) is 0 Å². The molecule has 0 saturated heterocycles. The van der Waals surface area contributed by atoms with Crippen molar-refractivity contribution in [1.82, 2.24) is 0 Å². The van der Waals surface area contributed by atoms with E-state index in [1.807, 2.05) is 0 Å². The summed E-state index contributed by atoms with van der Waals surface area (Å²) in [6, 6.07) is 4.91. The van der Waals surface area contributed by atoms with E-state index < -0.39 is 5.97 Å². The summed E-state index contributed by atoms with van der Waals surface area (Å²) in [6.45, 7) is 2.17. The number of benzene rings is 1. The first-order valence-electron chi connectivity index (χ1n) is 6.21. The molecular weight excluding hydrogens is 216 g/mol. The Labute approximate surface area is 102 Å². The highest BCUT2D eigenvalue weighted by Crippen LogP contribution is 2.24. The van der Waals surface area contributed by atoms with Crippen molar-refractivity contribution in [2.45, 2.75) is 45.4 Å². The third kappa shape index (κ3) is 4.10. The molecule has 0 aliphatic rings. The number of aromatic carboxylic acids is 1. The van der Waals surface area contributed by atoms with Gasteiger partial charge in [-0.15, -0.1) is 0 Å². The predicted molar refractivity (Wildman–Crippen MR) is 67.5 cm³/mol. The van der Waals surface area contributed by atoms with Gasteiger partial charge < -0.3 is 10.2 Å². The fourth-order valence-corrected chi connectivity index (χ4v) is 1.88. The van der Waals surface area contributed by atoms with E-state index in [1.54, 1.807) is 12.1 Å². The first-order chi connectivity index (χ1) is 8.16. The smallest absolute Gasteiger partial charge is 0.339 e. The van der Waals surface area contributed by atoms with Gasteiger partial charge in [-0.05, 0) is 24.5 Å². The van der Waals surface area contributed by atoms with E-state index in [9.17, 15) is 9.90 Å². The van der Waals surface area contributed by atoms with Gasteiger partial charge in [-0.2, -0.15) is 0 Å². The third-order valence-corrected chi connectivity index (χ3v) is 2.90. The lowest BCUT2D eigenvalue weighted by Crippen LogP contribution is -1.99. The number of hydrogen-bond donors (Lipinski definition) is 2. The molecule has 0 unspecified atom stereocenters. The molecule has 0 amide bonds. The maximum absolute atomic E-state index is 10.8. The second kappa shape index (κ2) is 6.94. The van der Waals surface area contributed by atoms with Crippen LogP contribution >= 0.6 is 0 Å². The Kier molecular flexibility index (Phi) is 5.53. The highest BCUT2D eigenvalue weighted by molar-refractivity contribution is 5.91. The summed E-state index contributed by atoms with van der Waals surface area (Å²) in [4.78, 5) is 10.8. The van der Waals surface area contributed by atoms with Crippen molar-refractivity contribution in [3.8, 4) is 5.75 Å². The molecule has 94 valence electrons. The molecule has 0 aromatic heterocycles. The summed E-state index contributed by atoms with van der Waals surface area (Å²) >= 11 is 0. The number of phenols is 1. The lowest BCUT2D eigenvalue weighted by atomic mass is 10.0. The maximum Gasteiger partial charge on any atom is 0.339 e. The van der Waals surface area contributed by atoms with E-state index in [1.165, 1.54) is 25.3 Å². The monoisotopic (exact) mass is 236 g/mol. The fraction of sp³-hybridized carbons (Fsp3) is 0.500. The number of hydrogen-bond acceptors (Lipinski definition) is 2. The highest BCUT2D eigenvalue weighted by atomic mass is 16.4. The number of aryl methyl sites for hydroxylation is 1. The second-order valence-electron chi connectivity index (χ2n) is 4.28. The number of carboxylic acid groups (broad SMARTS) is 1. The molecule has 1 rings (SSSR count). The van der Waals surface area contributed by atoms with Gasteiger partial charge >= 0.3 is 5.97 Å². The van der Waals surface area contributed by atoms with Gasteiger partial charge in [-0.25, -0.2) is 4.79 Å². The van der Waals surface area contributed by atoms with Gasteiger partial charge in [0.15, 0.2) is 0 Å². The maximum atomic E-state index is 10.8. The van der Waals surface area contributed by atoms with Gasteiger partial charge in [0.25, 0.3) is 0 Å². The summed E-state index contributed by atoms with van der Waals surface area (Å²) in [7, 11) is 0. The predicted octanol–water partition coefficient (Wildman–Crippen LogP) is 3.60. The Hall–Kier alpha value is -1.51. The molecule has 0 spiro atoms. The normalized spacial score (nSPS) is 10.4. The summed E-state index contributed by atoms with van der Waals surface area (Å²) in [5, 5.41) is 18.7. The Morgan fingerprint density at radius 3 is 2.53 bits per heavy atom. The van der Waals surface area contributed by atoms with Crippen LogP contribution in [0.3, 0.4) is 0 Å². The number of carboxylic acids is 1. The molecule has 1 aromatic carbocycles. The molecule has 0 saturated carbocycles. The van der Waals surface area contributed by atoms with Crippen LogP contribution in [0, 0.1) is 0 Å². The molecular formula is C14H20O3. The molecule has 0 radical (unpaired) electrons. The molecule has 0 heterocycles. The van der Waals surface area contributed by atoms with Gasteiger partial charge in [0.2, 0.25) is 0 Å². The second-order valence-corrected chi connectivity index (χ2v) is 4.28. The Morgan fingerprint density at radius 1 is 1.18 bits per heavy atom. The van der Waals surface area contributed by atoms with Gasteiger partial charge in [0.1, 0.15) is 11.3 Å². The van der Waals surface area contributed by atoms with E-state index in [0.29, 0.717) is 0 Å². The van der Waals surface area contributed by atoms with Crippen LogP contribution in [0.15, 0.2) is 18.2 Å². The number of unbranched alkanes of at least 4 members (excludes halogenated alkanes) is 4.